The number of carbonyl (C=O) groups is 2. The normalized spacial score (nSPS) is 18.2. The Bertz CT molecular complexity index is 1250. The van der Waals surface area contributed by atoms with E-state index in [0.29, 0.717) is 12.1 Å². The van der Waals surface area contributed by atoms with Gasteiger partial charge in [-0.3, -0.25) is 9.59 Å². The molecule has 33 heavy (non-hydrogen) atoms. The van der Waals surface area contributed by atoms with E-state index in [4.69, 9.17) is 0 Å². The van der Waals surface area contributed by atoms with Gasteiger partial charge in [-0.1, -0.05) is 63.2 Å². The van der Waals surface area contributed by atoms with Gasteiger partial charge < -0.3 is 10.0 Å². The number of aliphatic hydroxyl groups excluding tert-OH is 1. The highest BCUT2D eigenvalue weighted by molar-refractivity contribution is 7.09. The Morgan fingerprint density at radius 1 is 1.00 bits per heavy atom. The second-order valence-electron chi connectivity index (χ2n) is 9.64. The molecular weight excluding hydrogens is 430 g/mol. The van der Waals surface area contributed by atoms with Crippen molar-refractivity contribution in [2.24, 2.45) is 0 Å². The zero-order chi connectivity index (χ0) is 23.9. The van der Waals surface area contributed by atoms with Gasteiger partial charge >= 0.3 is 0 Å². The highest BCUT2D eigenvalue weighted by Crippen LogP contribution is 2.42. The smallest absolute Gasteiger partial charge is 0.295 e. The maximum atomic E-state index is 13.3. The molecule has 4 rings (SSSR count). The average molecular weight is 460 g/mol. The summed E-state index contributed by atoms with van der Waals surface area (Å²) in [6.07, 6.45) is 0. The molecule has 1 aliphatic heterocycles. The summed E-state index contributed by atoms with van der Waals surface area (Å²) >= 11 is 1.54. The van der Waals surface area contributed by atoms with Crippen molar-refractivity contribution in [2.45, 2.75) is 52.6 Å². The summed E-state index contributed by atoms with van der Waals surface area (Å²) in [5, 5.41) is 13.5. The van der Waals surface area contributed by atoms with Gasteiger partial charge in [0.2, 0.25) is 0 Å². The molecule has 4 nitrogen and oxygen atoms in total. The number of aliphatic hydroxyl groups is 1. The second-order valence-corrected chi connectivity index (χ2v) is 10.7. The number of aryl methyl sites for hydroxylation is 2. The maximum absolute atomic E-state index is 13.3. The van der Waals surface area contributed by atoms with Crippen LogP contribution in [0.25, 0.3) is 5.76 Å². The Morgan fingerprint density at radius 3 is 2.36 bits per heavy atom. The van der Waals surface area contributed by atoms with Crippen LogP contribution in [0, 0.1) is 13.8 Å². The summed E-state index contributed by atoms with van der Waals surface area (Å²) in [5.41, 5.74) is 4.34. The number of thiophene rings is 1. The number of benzene rings is 2. The van der Waals surface area contributed by atoms with E-state index < -0.39 is 17.7 Å². The van der Waals surface area contributed by atoms with Crippen molar-refractivity contribution >= 4 is 28.8 Å². The number of carbonyl (C=O) groups excluding carboxylic acids is 2. The van der Waals surface area contributed by atoms with E-state index in [1.165, 1.54) is 0 Å². The van der Waals surface area contributed by atoms with Crippen LogP contribution in [0.5, 0.6) is 0 Å². The molecule has 0 bridgehead atoms. The number of nitrogens with zero attached hydrogens (tertiary/aromatic N) is 1. The van der Waals surface area contributed by atoms with Crippen LogP contribution >= 0.6 is 11.3 Å². The van der Waals surface area contributed by atoms with Crippen molar-refractivity contribution < 1.29 is 14.7 Å². The topological polar surface area (TPSA) is 57.6 Å². The molecule has 1 aromatic heterocycles. The van der Waals surface area contributed by atoms with Crippen molar-refractivity contribution in [3.8, 4) is 0 Å². The molecular formula is C28H29NO3S. The largest absolute Gasteiger partial charge is 0.507 e. The van der Waals surface area contributed by atoms with Gasteiger partial charge in [-0.15, -0.1) is 11.3 Å². The van der Waals surface area contributed by atoms with Crippen molar-refractivity contribution in [1.29, 1.82) is 0 Å². The van der Waals surface area contributed by atoms with Gasteiger partial charge in [-0.05, 0) is 59.0 Å². The Hall–Kier alpha value is -3.18. The first-order valence-corrected chi connectivity index (χ1v) is 12.0. The van der Waals surface area contributed by atoms with Gasteiger partial charge in [0.15, 0.2) is 0 Å². The first kappa shape index (κ1) is 23.0. The predicted octanol–water partition coefficient (Wildman–Crippen LogP) is 6.28. The van der Waals surface area contributed by atoms with Crippen LogP contribution in [0.1, 0.15) is 59.5 Å². The summed E-state index contributed by atoms with van der Waals surface area (Å²) in [4.78, 5) is 29.1. The van der Waals surface area contributed by atoms with Crippen LogP contribution < -0.4 is 0 Å². The Morgan fingerprint density at radius 2 is 1.73 bits per heavy atom. The number of Topliss-reactive ketones (excluding diaryl/α,β-unsaturated/α-hetero) is 1. The van der Waals surface area contributed by atoms with E-state index in [1.807, 2.05) is 73.8 Å². The lowest BCUT2D eigenvalue weighted by atomic mass is 9.84. The Labute approximate surface area is 199 Å². The van der Waals surface area contributed by atoms with Gasteiger partial charge in [0.1, 0.15) is 5.76 Å². The lowest BCUT2D eigenvalue weighted by Crippen LogP contribution is -2.29. The lowest BCUT2D eigenvalue weighted by molar-refractivity contribution is -0.140. The van der Waals surface area contributed by atoms with Gasteiger partial charge in [-0.2, -0.15) is 0 Å². The highest BCUT2D eigenvalue weighted by atomic mass is 32.1. The third kappa shape index (κ3) is 4.25. The number of hydrogen-bond donors (Lipinski definition) is 1. The number of likely N-dealkylation sites (tertiary alicyclic amines) is 1. The monoisotopic (exact) mass is 459 g/mol. The number of hydrogen-bond acceptors (Lipinski definition) is 4. The Balaban J connectivity index is 1.93. The molecule has 1 unspecified atom stereocenters. The van der Waals surface area contributed by atoms with Crippen molar-refractivity contribution in [3.05, 3.63) is 98.2 Å². The molecule has 5 heteroatoms. The van der Waals surface area contributed by atoms with Gasteiger partial charge in [0, 0.05) is 10.4 Å². The summed E-state index contributed by atoms with van der Waals surface area (Å²) in [6, 6.07) is 16.9. The van der Waals surface area contributed by atoms with Crippen LogP contribution in [0.15, 0.2) is 65.6 Å². The molecule has 1 saturated heterocycles. The van der Waals surface area contributed by atoms with E-state index in [1.54, 1.807) is 16.2 Å². The third-order valence-corrected chi connectivity index (χ3v) is 7.15. The number of rotatable bonds is 4. The molecule has 1 amide bonds. The molecule has 0 spiro atoms. The molecule has 1 aliphatic rings. The van der Waals surface area contributed by atoms with E-state index in [0.717, 1.165) is 27.1 Å². The molecule has 0 aliphatic carbocycles. The minimum absolute atomic E-state index is 0.112. The molecule has 0 radical (unpaired) electrons. The third-order valence-electron chi connectivity index (χ3n) is 6.29. The van der Waals surface area contributed by atoms with Crippen LogP contribution in [0.3, 0.4) is 0 Å². The fraction of sp³-hybridized carbons (Fsp3) is 0.286. The molecule has 1 atom stereocenters. The zero-order valence-corrected chi connectivity index (χ0v) is 20.5. The predicted molar refractivity (Wildman–Crippen MR) is 133 cm³/mol. The fourth-order valence-electron chi connectivity index (χ4n) is 4.32. The molecule has 1 fully saturated rings. The molecule has 2 aromatic carbocycles. The van der Waals surface area contributed by atoms with Crippen molar-refractivity contribution in [1.82, 2.24) is 4.90 Å². The minimum atomic E-state index is -0.647. The fourth-order valence-corrected chi connectivity index (χ4v) is 5.02. The van der Waals surface area contributed by atoms with Crippen LogP contribution in [-0.2, 0) is 21.5 Å². The van der Waals surface area contributed by atoms with E-state index >= 15 is 0 Å². The molecule has 170 valence electrons. The molecule has 1 N–H and O–H groups in total. The number of amides is 1. The number of ketones is 1. The highest BCUT2D eigenvalue weighted by Gasteiger charge is 2.46. The average Bonchev–Trinajstić information content (AvgIpc) is 3.36. The Kier molecular flexibility index (Phi) is 6.02. The molecule has 0 saturated carbocycles. The van der Waals surface area contributed by atoms with Gasteiger partial charge in [0.05, 0.1) is 18.2 Å². The van der Waals surface area contributed by atoms with Crippen LogP contribution in [0.2, 0.25) is 0 Å². The van der Waals surface area contributed by atoms with E-state index in [9.17, 15) is 14.7 Å². The quantitative estimate of drug-likeness (QED) is 0.284. The lowest BCUT2D eigenvalue weighted by Gasteiger charge is -2.26. The second kappa shape index (κ2) is 8.64. The van der Waals surface area contributed by atoms with E-state index in [-0.39, 0.29) is 16.7 Å². The first-order chi connectivity index (χ1) is 15.6. The first-order valence-electron chi connectivity index (χ1n) is 11.1. The molecule has 2 heterocycles. The maximum Gasteiger partial charge on any atom is 0.295 e. The summed E-state index contributed by atoms with van der Waals surface area (Å²) in [6.45, 7) is 10.5. The van der Waals surface area contributed by atoms with Crippen LogP contribution in [-0.4, -0.2) is 21.7 Å². The standard InChI is InChI=1S/C28H29NO3S/c1-17-9-6-7-11-21(17)24-23(26(31)27(32)29(24)16-20-10-8-14-33-20)25(30)22-15-19(28(3,4)5)13-12-18(22)2/h6-15,24,30H,16H2,1-5H3/b25-23+. The summed E-state index contributed by atoms with van der Waals surface area (Å²) < 4.78 is 0. The van der Waals surface area contributed by atoms with Crippen molar-refractivity contribution in [3.63, 3.8) is 0 Å². The van der Waals surface area contributed by atoms with E-state index in [2.05, 4.69) is 20.8 Å². The van der Waals surface area contributed by atoms with Gasteiger partial charge in [-0.25, -0.2) is 0 Å². The minimum Gasteiger partial charge on any atom is -0.507 e. The van der Waals surface area contributed by atoms with Crippen LogP contribution in [0.4, 0.5) is 0 Å². The van der Waals surface area contributed by atoms with Gasteiger partial charge in [0.25, 0.3) is 11.7 Å². The summed E-state index contributed by atoms with van der Waals surface area (Å²) in [7, 11) is 0. The zero-order valence-electron chi connectivity index (χ0n) is 19.7. The molecule has 3 aromatic rings. The SMILES string of the molecule is Cc1ccc(C(C)(C)C)cc1/C(O)=C1\C(=O)C(=O)N(Cc2cccs2)C1c1ccccc1C. The van der Waals surface area contributed by atoms with Crippen molar-refractivity contribution in [2.75, 3.05) is 0 Å². The summed E-state index contributed by atoms with van der Waals surface area (Å²) in [5.74, 6) is -1.33.